The Bertz CT molecular complexity index is 1540. The minimum Gasteiger partial charge on any atom is -0.479 e. The van der Waals surface area contributed by atoms with Gasteiger partial charge in [-0.25, -0.2) is 4.79 Å². The predicted molar refractivity (Wildman–Crippen MR) is 303 cm³/mol. The maximum Gasteiger partial charge on any atom is 0.335 e. The minimum absolute atomic E-state index is 0.0567. The van der Waals surface area contributed by atoms with E-state index in [0.717, 1.165) is 103 Å². The van der Waals surface area contributed by atoms with Gasteiger partial charge in [-0.05, 0) is 83.5 Å². The summed E-state index contributed by atoms with van der Waals surface area (Å²) in [5.41, 5.74) is 0. The Kier molecular flexibility index (Phi) is 47.4. The highest BCUT2D eigenvalue weighted by Crippen LogP contribution is 2.26. The number of carbonyl (C=O) groups is 4. The first-order chi connectivity index (χ1) is 36.6. The third-order valence-corrected chi connectivity index (χ3v) is 13.6. The third-order valence-electron chi connectivity index (χ3n) is 13.6. The van der Waals surface area contributed by atoms with Gasteiger partial charge in [0.2, 0.25) is 0 Å². The molecule has 12 nitrogen and oxygen atoms in total. The van der Waals surface area contributed by atoms with Gasteiger partial charge >= 0.3 is 23.9 Å². The summed E-state index contributed by atoms with van der Waals surface area (Å²) < 4.78 is 28.4. The molecule has 0 spiro atoms. The molecule has 6 unspecified atom stereocenters. The largest absolute Gasteiger partial charge is 0.479 e. The van der Waals surface area contributed by atoms with Crippen LogP contribution in [0.1, 0.15) is 265 Å². The number of aliphatic hydroxyl groups is 2. The van der Waals surface area contributed by atoms with Gasteiger partial charge in [0.1, 0.15) is 18.8 Å². The monoisotopic (exact) mass is 1060 g/mol. The van der Waals surface area contributed by atoms with Crippen LogP contribution < -0.4 is 0 Å². The lowest BCUT2D eigenvalue weighted by Crippen LogP contribution is -2.61. The molecular weight excluding hydrogens is 949 g/mol. The molecule has 0 aromatic carbocycles. The van der Waals surface area contributed by atoms with E-state index in [-0.39, 0.29) is 25.9 Å². The number of carboxylic acids is 1. The molecule has 1 fully saturated rings. The van der Waals surface area contributed by atoms with Gasteiger partial charge in [-0.1, -0.05) is 223 Å². The Balaban J connectivity index is 2.63. The summed E-state index contributed by atoms with van der Waals surface area (Å²) in [6, 6.07) is 0. The smallest absolute Gasteiger partial charge is 0.335 e. The van der Waals surface area contributed by atoms with Gasteiger partial charge in [0.25, 0.3) is 0 Å². The fourth-order valence-electron chi connectivity index (χ4n) is 8.94. The summed E-state index contributed by atoms with van der Waals surface area (Å²) >= 11 is 0. The van der Waals surface area contributed by atoms with Crippen LogP contribution in [0.15, 0.2) is 60.8 Å². The van der Waals surface area contributed by atoms with Crippen molar-refractivity contribution in [3.8, 4) is 0 Å². The number of aliphatic hydroxyl groups excluding tert-OH is 2. The number of rotatable bonds is 51. The molecule has 0 aromatic rings. The van der Waals surface area contributed by atoms with Crippen LogP contribution in [0.5, 0.6) is 0 Å². The van der Waals surface area contributed by atoms with E-state index in [1.807, 2.05) is 0 Å². The van der Waals surface area contributed by atoms with Crippen molar-refractivity contribution >= 4 is 23.9 Å². The molecule has 3 N–H and O–H groups in total. The Hall–Kier alpha value is -3.58. The van der Waals surface area contributed by atoms with Crippen molar-refractivity contribution in [1.29, 1.82) is 0 Å². The van der Waals surface area contributed by atoms with Crippen LogP contribution in [-0.4, -0.2) is 89.2 Å². The summed E-state index contributed by atoms with van der Waals surface area (Å²) in [5, 5.41) is 31.5. The third kappa shape index (κ3) is 41.2. The van der Waals surface area contributed by atoms with Crippen LogP contribution >= 0.6 is 0 Å². The molecule has 0 saturated carbocycles. The van der Waals surface area contributed by atoms with E-state index in [4.69, 9.17) is 23.7 Å². The standard InChI is InChI=1S/C63H108O12/c1-4-7-10-13-16-19-21-23-25-27-28-30-32-34-36-39-42-45-48-51-57(66)74-61-59(68)58(67)60(62(69)70)75-63(61)72-53-54(73-56(65)50-47-44-41-37-18-15-12-9-6-3)52-71-55(64)49-46-43-40-38-35-33-31-29-26-24-22-20-17-14-11-8-5-2/h8,11,17,20,23-26,31,33,54,58-61,63,67-68H,4-7,9-10,12-16,18-19,21-22,27-30,32,34-53H2,1-3H3,(H,69,70)/b11-8-,20-17-,25-23-,26-24-,33-31-. The number of hydrogen-bond acceptors (Lipinski definition) is 11. The van der Waals surface area contributed by atoms with Crippen LogP contribution in [0.25, 0.3) is 0 Å². The quantitative estimate of drug-likeness (QED) is 0.0228. The highest BCUT2D eigenvalue weighted by atomic mass is 16.7. The average Bonchev–Trinajstić information content (AvgIpc) is 3.39. The number of hydrogen-bond donors (Lipinski definition) is 3. The second-order valence-electron chi connectivity index (χ2n) is 20.6. The van der Waals surface area contributed by atoms with Gasteiger partial charge in [-0.15, -0.1) is 0 Å². The molecule has 6 atom stereocenters. The lowest BCUT2D eigenvalue weighted by atomic mass is 9.98. The number of carbonyl (C=O) groups excluding carboxylic acids is 3. The molecule has 0 aliphatic carbocycles. The van der Waals surface area contributed by atoms with E-state index in [2.05, 4.69) is 81.5 Å². The Morgan fingerprint density at radius 1 is 0.453 bits per heavy atom. The molecule has 12 heteroatoms. The molecular formula is C63H108O12. The van der Waals surface area contributed by atoms with E-state index in [1.165, 1.54) is 103 Å². The number of esters is 3. The highest BCUT2D eigenvalue weighted by molar-refractivity contribution is 5.74. The first-order valence-electron chi connectivity index (χ1n) is 30.3. The van der Waals surface area contributed by atoms with Crippen LogP contribution in [0.3, 0.4) is 0 Å². The molecule has 1 heterocycles. The maximum absolute atomic E-state index is 13.1. The van der Waals surface area contributed by atoms with Crippen molar-refractivity contribution < 1.29 is 58.2 Å². The van der Waals surface area contributed by atoms with Crippen molar-refractivity contribution in [2.45, 2.75) is 302 Å². The Labute approximate surface area is 456 Å². The van der Waals surface area contributed by atoms with E-state index in [0.29, 0.717) is 19.3 Å². The molecule has 1 aliphatic heterocycles. The van der Waals surface area contributed by atoms with Crippen LogP contribution in [0, 0.1) is 0 Å². The minimum atomic E-state index is -1.91. The topological polar surface area (TPSA) is 175 Å². The zero-order valence-electron chi connectivity index (χ0n) is 47.5. The zero-order valence-corrected chi connectivity index (χ0v) is 47.5. The number of carboxylic acid groups (broad SMARTS) is 1. The summed E-state index contributed by atoms with van der Waals surface area (Å²) in [4.78, 5) is 51.0. The number of allylic oxidation sites excluding steroid dienone is 10. The second-order valence-corrected chi connectivity index (χ2v) is 20.6. The molecule has 432 valence electrons. The van der Waals surface area contributed by atoms with Gasteiger partial charge in [-0.2, -0.15) is 0 Å². The molecule has 1 saturated heterocycles. The highest BCUT2D eigenvalue weighted by Gasteiger charge is 2.50. The number of ether oxygens (including phenoxy) is 5. The average molecular weight is 1060 g/mol. The maximum atomic E-state index is 13.1. The summed E-state index contributed by atoms with van der Waals surface area (Å²) in [6.45, 7) is 5.84. The summed E-state index contributed by atoms with van der Waals surface area (Å²) in [7, 11) is 0. The first-order valence-corrected chi connectivity index (χ1v) is 30.3. The Morgan fingerprint density at radius 3 is 1.29 bits per heavy atom. The molecule has 0 aromatic heterocycles. The normalized spacial score (nSPS) is 18.5. The van der Waals surface area contributed by atoms with Gasteiger partial charge in [-0.3, -0.25) is 14.4 Å². The van der Waals surface area contributed by atoms with Crippen molar-refractivity contribution in [3.63, 3.8) is 0 Å². The van der Waals surface area contributed by atoms with E-state index in [9.17, 15) is 34.5 Å². The van der Waals surface area contributed by atoms with Gasteiger partial charge < -0.3 is 39.0 Å². The van der Waals surface area contributed by atoms with Crippen molar-refractivity contribution in [3.05, 3.63) is 60.8 Å². The second kappa shape index (κ2) is 51.2. The van der Waals surface area contributed by atoms with Gasteiger partial charge in [0.05, 0.1) is 6.61 Å². The molecule has 1 rings (SSSR count). The van der Waals surface area contributed by atoms with Crippen LogP contribution in [0.2, 0.25) is 0 Å². The first kappa shape index (κ1) is 69.4. The zero-order chi connectivity index (χ0) is 54.7. The molecule has 0 radical (unpaired) electrons. The SMILES string of the molecule is CC/C=C\C/C=C\C/C=C\C/C=C\CCCCCCC(=O)OCC(COC1OC(C(=O)O)C(O)C(O)C1OC(=O)CCCCCCCCCCC/C=C\CCCCCCCC)OC(=O)CCCCCCCCCCC. The van der Waals surface area contributed by atoms with E-state index >= 15 is 0 Å². The Morgan fingerprint density at radius 2 is 0.840 bits per heavy atom. The van der Waals surface area contributed by atoms with Gasteiger partial charge in [0, 0.05) is 19.3 Å². The van der Waals surface area contributed by atoms with Crippen molar-refractivity contribution in [1.82, 2.24) is 0 Å². The molecule has 0 amide bonds. The fraction of sp³-hybridized carbons (Fsp3) is 0.778. The molecule has 75 heavy (non-hydrogen) atoms. The lowest BCUT2D eigenvalue weighted by molar-refractivity contribution is -0.301. The molecule has 1 aliphatic rings. The number of unbranched alkanes of at least 4 members (excludes halogenated alkanes) is 27. The summed E-state index contributed by atoms with van der Waals surface area (Å²) in [5.74, 6) is -3.14. The van der Waals surface area contributed by atoms with Crippen molar-refractivity contribution in [2.24, 2.45) is 0 Å². The van der Waals surface area contributed by atoms with E-state index in [1.54, 1.807) is 0 Å². The van der Waals surface area contributed by atoms with Crippen LogP contribution in [-0.2, 0) is 42.9 Å². The van der Waals surface area contributed by atoms with Gasteiger partial charge in [0.15, 0.2) is 24.6 Å². The van der Waals surface area contributed by atoms with E-state index < -0.39 is 67.3 Å². The summed E-state index contributed by atoms with van der Waals surface area (Å²) in [6.07, 6.45) is 50.6. The number of aliphatic carboxylic acids is 1. The lowest BCUT2D eigenvalue weighted by Gasteiger charge is -2.40. The predicted octanol–water partition coefficient (Wildman–Crippen LogP) is 15.6. The molecule has 0 bridgehead atoms. The van der Waals surface area contributed by atoms with Crippen molar-refractivity contribution in [2.75, 3.05) is 13.2 Å². The fourth-order valence-corrected chi connectivity index (χ4v) is 8.94. The van der Waals surface area contributed by atoms with Crippen LogP contribution in [0.4, 0.5) is 0 Å².